The Morgan fingerprint density at radius 3 is 2.80 bits per heavy atom. The fourth-order valence-corrected chi connectivity index (χ4v) is 2.10. The average Bonchev–Trinajstić information content (AvgIpc) is 2.83. The molecule has 1 amide bonds. The number of rotatable bonds is 5. The van der Waals surface area contributed by atoms with Gasteiger partial charge in [0.2, 0.25) is 5.91 Å². The Balaban J connectivity index is 1.93. The topological polar surface area (TPSA) is 64.4 Å². The van der Waals surface area contributed by atoms with E-state index in [-0.39, 0.29) is 30.2 Å². The van der Waals surface area contributed by atoms with Crippen molar-refractivity contribution in [2.24, 2.45) is 11.7 Å². The summed E-state index contributed by atoms with van der Waals surface area (Å²) in [6, 6.07) is 6.28. The normalized spacial score (nSPS) is 21.2. The van der Waals surface area contributed by atoms with E-state index in [0.717, 1.165) is 0 Å². The molecule has 0 aromatic heterocycles. The van der Waals surface area contributed by atoms with Gasteiger partial charge in [0.05, 0.1) is 5.92 Å². The third-order valence-corrected chi connectivity index (χ3v) is 3.10. The van der Waals surface area contributed by atoms with Crippen molar-refractivity contribution in [3.63, 3.8) is 0 Å². The summed E-state index contributed by atoms with van der Waals surface area (Å²) >= 11 is 0. The zero-order valence-corrected chi connectivity index (χ0v) is 10.8. The van der Waals surface area contributed by atoms with Gasteiger partial charge in [-0.1, -0.05) is 30.4 Å². The van der Waals surface area contributed by atoms with E-state index in [1.54, 1.807) is 30.4 Å². The molecular weight excluding hydrogens is 266 g/mol. The number of nitrogens with one attached hydrogen (secondary N) is 1. The second-order valence-electron chi connectivity index (χ2n) is 4.59. The summed E-state index contributed by atoms with van der Waals surface area (Å²) in [4.78, 5) is 11.9. The van der Waals surface area contributed by atoms with Gasteiger partial charge in [-0.15, -0.1) is 0 Å². The zero-order chi connectivity index (χ0) is 14.5. The second-order valence-corrected chi connectivity index (χ2v) is 4.59. The zero-order valence-electron chi connectivity index (χ0n) is 10.8. The molecule has 0 aliphatic heterocycles. The number of hydrogen-bond acceptors (Lipinski definition) is 3. The number of ether oxygens (including phenoxy) is 1. The molecule has 1 aromatic carbocycles. The Morgan fingerprint density at radius 1 is 1.40 bits per heavy atom. The number of para-hydroxylation sites is 1. The van der Waals surface area contributed by atoms with Gasteiger partial charge in [-0.3, -0.25) is 4.79 Å². The minimum Gasteiger partial charge on any atom is -0.434 e. The van der Waals surface area contributed by atoms with Gasteiger partial charge in [0.15, 0.2) is 0 Å². The van der Waals surface area contributed by atoms with Gasteiger partial charge in [0.1, 0.15) is 5.75 Å². The molecule has 1 aliphatic rings. The van der Waals surface area contributed by atoms with Crippen molar-refractivity contribution in [2.45, 2.75) is 25.6 Å². The smallest absolute Gasteiger partial charge is 0.387 e. The van der Waals surface area contributed by atoms with E-state index < -0.39 is 6.61 Å². The number of carbonyl (C=O) groups is 1. The first-order valence-corrected chi connectivity index (χ1v) is 6.30. The number of alkyl halides is 2. The number of nitrogens with two attached hydrogens (primary N) is 1. The maximum absolute atomic E-state index is 12.3. The molecule has 0 saturated heterocycles. The highest BCUT2D eigenvalue weighted by Crippen LogP contribution is 2.21. The summed E-state index contributed by atoms with van der Waals surface area (Å²) < 4.78 is 28.9. The number of hydrogen-bond donors (Lipinski definition) is 2. The third kappa shape index (κ3) is 3.77. The van der Waals surface area contributed by atoms with Crippen LogP contribution in [0.25, 0.3) is 0 Å². The monoisotopic (exact) mass is 282 g/mol. The van der Waals surface area contributed by atoms with Gasteiger partial charge < -0.3 is 15.8 Å². The van der Waals surface area contributed by atoms with Crippen LogP contribution in [0.5, 0.6) is 5.75 Å². The summed E-state index contributed by atoms with van der Waals surface area (Å²) in [6.07, 6.45) is 4.13. The van der Waals surface area contributed by atoms with Crippen molar-refractivity contribution in [3.05, 3.63) is 42.0 Å². The molecule has 0 bridgehead atoms. The first kappa shape index (κ1) is 14.5. The predicted molar refractivity (Wildman–Crippen MR) is 70.1 cm³/mol. The number of benzene rings is 1. The van der Waals surface area contributed by atoms with E-state index in [1.807, 2.05) is 0 Å². The van der Waals surface area contributed by atoms with Gasteiger partial charge >= 0.3 is 6.61 Å². The molecule has 0 heterocycles. The molecule has 4 nitrogen and oxygen atoms in total. The van der Waals surface area contributed by atoms with Crippen LogP contribution in [-0.2, 0) is 11.3 Å². The molecule has 3 N–H and O–H groups in total. The Bertz CT molecular complexity index is 506. The first-order valence-electron chi connectivity index (χ1n) is 6.30. The molecule has 2 rings (SSSR count). The largest absolute Gasteiger partial charge is 0.434 e. The molecule has 1 aromatic rings. The van der Waals surface area contributed by atoms with Crippen molar-refractivity contribution < 1.29 is 18.3 Å². The summed E-state index contributed by atoms with van der Waals surface area (Å²) in [6.45, 7) is -2.75. The molecule has 2 atom stereocenters. The number of carbonyl (C=O) groups excluding carboxylic acids is 1. The predicted octanol–water partition coefficient (Wildman–Crippen LogP) is 1.81. The minimum absolute atomic E-state index is 0.0708. The Labute approximate surface area is 115 Å². The highest BCUT2D eigenvalue weighted by molar-refractivity contribution is 5.81. The van der Waals surface area contributed by atoms with E-state index >= 15 is 0 Å². The Kier molecular flexibility index (Phi) is 4.68. The third-order valence-electron chi connectivity index (χ3n) is 3.10. The van der Waals surface area contributed by atoms with Crippen molar-refractivity contribution >= 4 is 5.91 Å². The van der Waals surface area contributed by atoms with Crippen molar-refractivity contribution in [1.82, 2.24) is 5.32 Å². The highest BCUT2D eigenvalue weighted by atomic mass is 19.3. The summed E-state index contributed by atoms with van der Waals surface area (Å²) in [7, 11) is 0. The average molecular weight is 282 g/mol. The fraction of sp³-hybridized carbons (Fsp3) is 0.357. The number of halogens is 2. The van der Waals surface area contributed by atoms with Crippen LogP contribution in [0, 0.1) is 5.92 Å². The SMILES string of the molecule is NC1C=CC(C(=O)NCc2ccccc2OC(F)F)C1. The molecule has 108 valence electrons. The van der Waals surface area contributed by atoms with E-state index in [9.17, 15) is 13.6 Å². The van der Waals surface area contributed by atoms with E-state index in [1.165, 1.54) is 6.07 Å². The number of amides is 1. The Morgan fingerprint density at radius 2 is 2.15 bits per heavy atom. The Hall–Kier alpha value is -1.95. The van der Waals surface area contributed by atoms with Gasteiger partial charge in [-0.25, -0.2) is 0 Å². The minimum atomic E-state index is -2.89. The fourth-order valence-electron chi connectivity index (χ4n) is 2.10. The lowest BCUT2D eigenvalue weighted by Crippen LogP contribution is -2.30. The molecular formula is C14H16F2N2O2. The standard InChI is InChI=1S/C14H16F2N2O2/c15-14(16)20-12-4-2-1-3-10(12)8-18-13(19)9-5-6-11(17)7-9/h1-6,9,11,14H,7-8,17H2,(H,18,19). The second kappa shape index (κ2) is 6.47. The lowest BCUT2D eigenvalue weighted by molar-refractivity contribution is -0.123. The van der Waals surface area contributed by atoms with Crippen LogP contribution in [0.1, 0.15) is 12.0 Å². The lowest BCUT2D eigenvalue weighted by Gasteiger charge is -2.13. The molecule has 0 spiro atoms. The molecule has 1 aliphatic carbocycles. The van der Waals surface area contributed by atoms with Gasteiger partial charge in [0, 0.05) is 18.2 Å². The molecule has 0 saturated carbocycles. The van der Waals surface area contributed by atoms with E-state index in [2.05, 4.69) is 10.1 Å². The van der Waals surface area contributed by atoms with Crippen LogP contribution in [0.4, 0.5) is 8.78 Å². The highest BCUT2D eigenvalue weighted by Gasteiger charge is 2.22. The maximum atomic E-state index is 12.3. The lowest BCUT2D eigenvalue weighted by atomic mass is 10.1. The molecule has 0 fully saturated rings. The van der Waals surface area contributed by atoms with Crippen molar-refractivity contribution in [3.8, 4) is 5.75 Å². The molecule has 20 heavy (non-hydrogen) atoms. The summed E-state index contributed by atoms with van der Waals surface area (Å²) in [5.74, 6) is -0.351. The van der Waals surface area contributed by atoms with Crippen molar-refractivity contribution in [1.29, 1.82) is 0 Å². The molecule has 0 radical (unpaired) electrons. The maximum Gasteiger partial charge on any atom is 0.387 e. The van der Waals surface area contributed by atoms with Gasteiger partial charge in [0.25, 0.3) is 0 Å². The quantitative estimate of drug-likeness (QED) is 0.809. The summed E-state index contributed by atoms with van der Waals surface area (Å²) in [5.41, 5.74) is 6.19. The van der Waals surface area contributed by atoms with Crippen LogP contribution < -0.4 is 15.8 Å². The van der Waals surface area contributed by atoms with Crippen LogP contribution in [0.15, 0.2) is 36.4 Å². The van der Waals surface area contributed by atoms with Crippen LogP contribution >= 0.6 is 0 Å². The molecule has 2 unspecified atom stereocenters. The van der Waals surface area contributed by atoms with Gasteiger partial charge in [-0.2, -0.15) is 8.78 Å². The van der Waals surface area contributed by atoms with Crippen LogP contribution in [0.3, 0.4) is 0 Å². The summed E-state index contributed by atoms with van der Waals surface area (Å²) in [5, 5.41) is 2.70. The van der Waals surface area contributed by atoms with Crippen LogP contribution in [0.2, 0.25) is 0 Å². The van der Waals surface area contributed by atoms with Crippen LogP contribution in [-0.4, -0.2) is 18.6 Å². The van der Waals surface area contributed by atoms with Gasteiger partial charge in [-0.05, 0) is 12.5 Å². The van der Waals surface area contributed by atoms with Crippen molar-refractivity contribution in [2.75, 3.05) is 0 Å². The first-order chi connectivity index (χ1) is 9.56. The van der Waals surface area contributed by atoms with E-state index in [0.29, 0.717) is 12.0 Å². The van der Waals surface area contributed by atoms with E-state index in [4.69, 9.17) is 5.73 Å². The molecule has 6 heteroatoms.